The van der Waals surface area contributed by atoms with Crippen molar-refractivity contribution in [1.82, 2.24) is 57.3 Å². The Morgan fingerprint density at radius 1 is 0.402 bits per heavy atom. The van der Waals surface area contributed by atoms with Gasteiger partial charge < -0.3 is 68.8 Å². The van der Waals surface area contributed by atoms with Crippen LogP contribution in [0.25, 0.3) is 0 Å². The van der Waals surface area contributed by atoms with E-state index >= 15 is 0 Å². The molecule has 5 unspecified atom stereocenters. The average Bonchev–Trinajstić information content (AvgIpc) is 1.62. The topological polar surface area (TPSA) is 710 Å². The summed E-state index contributed by atoms with van der Waals surface area (Å²) in [7, 11) is -27.6. The number of aromatic nitrogens is 12. The number of nitrogen functional groups attached to an aromatic ring is 1. The van der Waals surface area contributed by atoms with Crippen LogP contribution >= 0.6 is 55.0 Å². The molecule has 0 amide bonds. The predicted molar refractivity (Wildman–Crippen MR) is 365 cm³/mol. The molecule has 58 heteroatoms. The maximum atomic E-state index is 14.2. The van der Waals surface area contributed by atoms with Gasteiger partial charge in [0.1, 0.15) is 110 Å². The highest BCUT2D eigenvalue weighted by Gasteiger charge is 2.51. The van der Waals surface area contributed by atoms with Crippen LogP contribution in [-0.4, -0.2) is 205 Å². The SMILES string of the molecule is Nc1ccn([C@H]2C[C@H](OP(=O)(O)OC[C@H]3O[C@@H](n4ccc(=O)[nH]c4=O)C[C@@H]3OP(=O)(O)OC[C@H]3O[C@@H](n4ccc(=O)[nH]c4=O)C[C@@H]3O)[C@@H](COP(=O)(O)O[C@H]3C[C@H](n4cc(Br)c(=O)[nH]c4=O)O[C@@H]3COP(=O)(O)O[C@H]3C[C@H](n4ccc(=O)[nH]c4=O)O[C@@H]3COP(=O)(O)O[C@H]3C[C@H](n4ccc(=O)[nH]c4=O)O[C@@H]3CO)O2)c(=O)n1. The number of nitrogens with one attached hydrogen (secondary N) is 5. The summed E-state index contributed by atoms with van der Waals surface area (Å²) < 4.78 is 163. The summed E-state index contributed by atoms with van der Waals surface area (Å²) in [5, 5.41) is 20.8. The molecule has 52 nitrogen and oxygen atoms in total. The van der Waals surface area contributed by atoms with E-state index in [1.807, 2.05) is 24.9 Å². The zero-order valence-corrected chi connectivity index (χ0v) is 62.8. The normalized spacial score (nSPS) is 30.7. The molecule has 6 fully saturated rings. The number of rotatable bonds is 32. The molecule has 14 N–H and O–H groups in total. The Morgan fingerprint density at radius 2 is 0.670 bits per heavy atom. The number of nitrogens with zero attached hydrogens (tertiary/aromatic N) is 7. The van der Waals surface area contributed by atoms with Crippen LogP contribution in [0.4, 0.5) is 5.82 Å². The van der Waals surface area contributed by atoms with Gasteiger partial charge in [-0.2, -0.15) is 4.98 Å². The summed E-state index contributed by atoms with van der Waals surface area (Å²) in [6, 6.07) is 4.94. The van der Waals surface area contributed by atoms with Gasteiger partial charge in [0.25, 0.3) is 27.8 Å². The predicted octanol–water partition coefficient (Wildman–Crippen LogP) is -4.07. The van der Waals surface area contributed by atoms with Crippen LogP contribution in [-0.2, 0) is 96.5 Å². The Balaban J connectivity index is 0.725. The van der Waals surface area contributed by atoms with Crippen molar-refractivity contribution < 1.29 is 131 Å². The fourth-order valence-electron chi connectivity index (χ4n) is 12.5. The highest BCUT2D eigenvalue weighted by atomic mass is 79.9. The minimum absolute atomic E-state index is 0.255. The monoisotopic (exact) mass is 1760 g/mol. The summed E-state index contributed by atoms with van der Waals surface area (Å²) in [6.07, 6.45) is -25.6. The molecule has 0 bridgehead atoms. The van der Waals surface area contributed by atoms with Gasteiger partial charge in [-0.3, -0.25) is 122 Å². The number of aliphatic hydroxyl groups excluding tert-OH is 2. The Kier molecular flexibility index (Phi) is 25.8. The smallest absolute Gasteiger partial charge is 0.394 e. The Morgan fingerprint density at radius 3 is 0.991 bits per heavy atom. The maximum Gasteiger partial charge on any atom is 0.472 e. The van der Waals surface area contributed by atoms with E-state index in [0.717, 1.165) is 94.9 Å². The van der Waals surface area contributed by atoms with E-state index in [2.05, 4.69) is 20.9 Å². The van der Waals surface area contributed by atoms with E-state index in [1.165, 1.54) is 0 Å². The fraction of sp³-hybridized carbons (Fsp3) is 0.556. The van der Waals surface area contributed by atoms with Gasteiger partial charge in [0.15, 0.2) is 0 Å². The lowest BCUT2D eigenvalue weighted by Crippen LogP contribution is -2.33. The molecular weight excluding hydrogens is 1690 g/mol. The van der Waals surface area contributed by atoms with E-state index in [0.29, 0.717) is 0 Å². The third-order valence-electron chi connectivity index (χ3n) is 17.7. The van der Waals surface area contributed by atoms with Gasteiger partial charge in [-0.05, 0) is 22.0 Å². The van der Waals surface area contributed by atoms with Crippen LogP contribution in [0.3, 0.4) is 0 Å². The number of anilines is 1. The van der Waals surface area contributed by atoms with Crippen LogP contribution in [0.5, 0.6) is 0 Å². The molecule has 112 heavy (non-hydrogen) atoms. The Bertz CT molecular complexity index is 5430. The van der Waals surface area contributed by atoms with E-state index < -0.39 is 277 Å². The van der Waals surface area contributed by atoms with Crippen LogP contribution < -0.4 is 67.7 Å². The molecule has 6 aromatic rings. The van der Waals surface area contributed by atoms with Crippen molar-refractivity contribution in [3.8, 4) is 0 Å². The van der Waals surface area contributed by atoms with E-state index in [4.69, 9.17) is 79.4 Å². The molecule has 12 rings (SSSR count). The van der Waals surface area contributed by atoms with Crippen molar-refractivity contribution in [2.75, 3.05) is 45.4 Å². The third-order valence-corrected chi connectivity index (χ3v) is 23.3. The Labute approximate surface area is 628 Å². The summed E-state index contributed by atoms with van der Waals surface area (Å²) in [6.45, 7) is -6.28. The lowest BCUT2D eigenvalue weighted by Gasteiger charge is -2.26. The van der Waals surface area contributed by atoms with Gasteiger partial charge in [0.05, 0.1) is 50.2 Å². The highest BCUT2D eigenvalue weighted by Crippen LogP contribution is 2.56. The number of ether oxygens (including phenoxy) is 6. The summed E-state index contributed by atoms with van der Waals surface area (Å²) in [5.41, 5.74) is -4.58. The number of aliphatic hydroxyl groups is 2. The van der Waals surface area contributed by atoms with Crippen molar-refractivity contribution in [3.05, 3.63) is 187 Å². The average molecular weight is 1760 g/mol. The van der Waals surface area contributed by atoms with E-state index in [9.17, 15) is 110 Å². The lowest BCUT2D eigenvalue weighted by molar-refractivity contribution is -0.0657. The number of hydrogen-bond acceptors (Lipinski definition) is 36. The minimum atomic E-state index is -5.68. The van der Waals surface area contributed by atoms with Crippen LogP contribution in [0, 0.1) is 0 Å². The number of phosphoric acid groups is 5. The van der Waals surface area contributed by atoms with Gasteiger partial charge in [0, 0.05) is 100.0 Å². The van der Waals surface area contributed by atoms with Crippen molar-refractivity contribution in [3.63, 3.8) is 0 Å². The number of H-pyrrole nitrogens is 5. The molecule has 0 aromatic carbocycles. The first-order valence-electron chi connectivity index (χ1n) is 32.9. The third kappa shape index (κ3) is 20.7. The van der Waals surface area contributed by atoms with Gasteiger partial charge in [-0.1, -0.05) is 0 Å². The van der Waals surface area contributed by atoms with Crippen molar-refractivity contribution >= 4 is 60.9 Å². The first-order chi connectivity index (χ1) is 52.7. The molecule has 6 aromatic heterocycles. The van der Waals surface area contributed by atoms with Gasteiger partial charge in [-0.15, -0.1) is 0 Å². The number of aromatic amines is 5. The number of hydrogen-bond donors (Lipinski definition) is 13. The standard InChI is InChI=1S/C54H67BrN13O39P5/c55-24-17-68(54(81)62-48(24)75)47-16-30(36(102-47)23-96-111(88,89)106-29-15-46(67-10-5-41(74)61-53(67)80)100-34(29)20-93-109(84,85)103-26-12-43(97-31(26)18-69)65-8-3-39(72)59-51(65)78)107-112(90,91)95-21-33-27(13-44(99-33)63-6-1-37(56)57-49(63)76)105-110(86,87)94-22-35-28(14-45(101-35)66-9-4-40(73)60-52(66)79)104-108(82,83)92-19-32-25(70)11-42(98-32)64-7-2-38(71)58-50(64)77/h1-10,17,25-36,42-47,69-70H,11-16,18-23H2,(H,82,83)(H,84,85)(H,86,87)(H,88,89)(H,90,91)(H2,56,57,76)(H,58,71,77)(H,59,72,78)(H,60,73,79)(H,61,74,80)(H,62,75,81)/t25-,26-,27-,28-,29-,30-,31+,32+,33+,34+,35+,36+,42+,43+,44+,45+,46+,47+/m0/s1. The highest BCUT2D eigenvalue weighted by molar-refractivity contribution is 9.10. The second kappa shape index (κ2) is 34.3. The molecule has 0 radical (unpaired) electrons. The molecule has 6 aliphatic heterocycles. The molecule has 6 saturated heterocycles. The van der Waals surface area contributed by atoms with Gasteiger partial charge in [-0.25, -0.2) is 51.6 Å². The molecule has 0 saturated carbocycles. The van der Waals surface area contributed by atoms with Crippen LogP contribution in [0.2, 0.25) is 0 Å². The Hall–Kier alpha value is -7.21. The molecule has 6 aliphatic rings. The first kappa shape index (κ1) is 84.2. The number of nitrogens with two attached hydrogens (primary N) is 1. The lowest BCUT2D eigenvalue weighted by atomic mass is 10.2. The molecule has 23 atom stereocenters. The van der Waals surface area contributed by atoms with Crippen LogP contribution in [0.1, 0.15) is 75.9 Å². The molecule has 0 spiro atoms. The van der Waals surface area contributed by atoms with Crippen molar-refractivity contribution in [2.24, 2.45) is 0 Å². The zero-order chi connectivity index (χ0) is 80.7. The minimum Gasteiger partial charge on any atom is -0.394 e. The molecule has 0 aliphatic carbocycles. The molecule has 614 valence electrons. The first-order valence-corrected chi connectivity index (χ1v) is 41.1. The number of phosphoric ester groups is 5. The summed E-state index contributed by atoms with van der Waals surface area (Å²) in [4.78, 5) is 207. The molecule has 12 heterocycles. The second-order valence-corrected chi connectivity index (χ2v) is 33.1. The van der Waals surface area contributed by atoms with E-state index in [-0.39, 0.29) is 23.1 Å². The number of halogens is 1. The fourth-order valence-corrected chi connectivity index (χ4v) is 17.6. The second-order valence-electron chi connectivity index (χ2n) is 25.2. The van der Waals surface area contributed by atoms with E-state index in [1.54, 1.807) is 0 Å². The van der Waals surface area contributed by atoms with Gasteiger partial charge in [0.2, 0.25) is 0 Å². The quantitative estimate of drug-likeness (QED) is 0.0179. The largest absolute Gasteiger partial charge is 0.472 e. The van der Waals surface area contributed by atoms with Crippen LogP contribution in [0.15, 0.2) is 125 Å². The maximum absolute atomic E-state index is 14.2. The van der Waals surface area contributed by atoms with Crippen molar-refractivity contribution in [1.29, 1.82) is 0 Å². The molecular formula is C54H67BrN13O39P5. The van der Waals surface area contributed by atoms with Gasteiger partial charge >= 0.3 is 73.3 Å². The van der Waals surface area contributed by atoms with Crippen molar-refractivity contribution in [2.45, 2.75) is 149 Å². The zero-order valence-electron chi connectivity index (χ0n) is 56.7. The summed E-state index contributed by atoms with van der Waals surface area (Å²) >= 11 is 2.98. The summed E-state index contributed by atoms with van der Waals surface area (Å²) in [5.74, 6) is -0.267.